The maximum Gasteiger partial charge on any atom is 0.191 e. The van der Waals surface area contributed by atoms with Crippen LogP contribution in [-0.2, 0) is 11.3 Å². The molecule has 1 aromatic heterocycles. The highest BCUT2D eigenvalue weighted by molar-refractivity contribution is 14.0. The highest BCUT2D eigenvalue weighted by Crippen LogP contribution is 2.15. The number of benzene rings is 1. The number of aliphatic imine (C=N–C) groups is 1. The van der Waals surface area contributed by atoms with Crippen molar-refractivity contribution in [2.75, 3.05) is 46.5 Å². The Balaban J connectivity index is 0.00000363. The van der Waals surface area contributed by atoms with E-state index in [9.17, 15) is 0 Å². The molecule has 1 aromatic carbocycles. The van der Waals surface area contributed by atoms with E-state index in [4.69, 9.17) is 14.5 Å². The molecule has 1 aliphatic heterocycles. The van der Waals surface area contributed by atoms with Crippen LogP contribution < -0.4 is 15.4 Å². The summed E-state index contributed by atoms with van der Waals surface area (Å²) in [6, 6.07) is 10.3. The van der Waals surface area contributed by atoms with Crippen LogP contribution in [0, 0.1) is 5.92 Å². The zero-order valence-corrected chi connectivity index (χ0v) is 21.9. The minimum atomic E-state index is 0. The zero-order chi connectivity index (χ0) is 22.1. The SMILES string of the molecule is CCNC(=NCc1ccn(-c2ccc(OC)cc2)n1)NCC(C(C)C)N1CCOCC1.I. The minimum absolute atomic E-state index is 0. The Bertz CT molecular complexity index is 818. The lowest BCUT2D eigenvalue weighted by Gasteiger charge is -2.37. The summed E-state index contributed by atoms with van der Waals surface area (Å²) in [6.07, 6.45) is 1.96. The van der Waals surface area contributed by atoms with E-state index in [-0.39, 0.29) is 24.0 Å². The second kappa shape index (κ2) is 13.6. The minimum Gasteiger partial charge on any atom is -0.497 e. The van der Waals surface area contributed by atoms with Gasteiger partial charge in [0.05, 0.1) is 38.2 Å². The number of methoxy groups -OCH3 is 1. The molecule has 0 saturated carbocycles. The molecule has 178 valence electrons. The first kappa shape index (κ1) is 26.4. The quantitative estimate of drug-likeness (QED) is 0.281. The van der Waals surface area contributed by atoms with Crippen LogP contribution in [0.3, 0.4) is 0 Å². The van der Waals surface area contributed by atoms with E-state index < -0.39 is 0 Å². The summed E-state index contributed by atoms with van der Waals surface area (Å²) in [5, 5.41) is 11.5. The molecule has 2 N–H and O–H groups in total. The molecule has 2 heterocycles. The Hall–Kier alpha value is -1.85. The van der Waals surface area contributed by atoms with Gasteiger partial charge in [0.1, 0.15) is 5.75 Å². The summed E-state index contributed by atoms with van der Waals surface area (Å²) in [4.78, 5) is 7.27. The van der Waals surface area contributed by atoms with Crippen LogP contribution in [0.5, 0.6) is 5.75 Å². The van der Waals surface area contributed by atoms with Crippen LogP contribution >= 0.6 is 24.0 Å². The molecule has 0 amide bonds. The van der Waals surface area contributed by atoms with E-state index in [0.717, 1.165) is 62.5 Å². The standard InChI is InChI=1S/C23H36N6O2.HI/c1-5-24-23(26-17-22(18(2)3)28-12-14-31-15-13-28)25-16-19-10-11-29(27-19)20-6-8-21(30-4)9-7-20;/h6-11,18,22H,5,12-17H2,1-4H3,(H2,24,25,26);1H. The number of hydrogen-bond acceptors (Lipinski definition) is 5. The van der Waals surface area contributed by atoms with Crippen molar-refractivity contribution in [3.63, 3.8) is 0 Å². The van der Waals surface area contributed by atoms with Gasteiger partial charge in [-0.25, -0.2) is 9.67 Å². The molecule has 0 aliphatic carbocycles. The van der Waals surface area contributed by atoms with E-state index in [1.807, 2.05) is 41.2 Å². The summed E-state index contributed by atoms with van der Waals surface area (Å²) in [5.74, 6) is 2.20. The Morgan fingerprint density at radius 2 is 1.88 bits per heavy atom. The van der Waals surface area contributed by atoms with E-state index in [2.05, 4.69) is 41.4 Å². The first-order valence-corrected chi connectivity index (χ1v) is 11.1. The van der Waals surface area contributed by atoms with Crippen LogP contribution in [0.1, 0.15) is 26.5 Å². The Morgan fingerprint density at radius 3 is 2.50 bits per heavy atom. The van der Waals surface area contributed by atoms with E-state index >= 15 is 0 Å². The second-order valence-corrected chi connectivity index (χ2v) is 7.99. The molecular formula is C23H37IN6O2. The molecule has 0 spiro atoms. The van der Waals surface area contributed by atoms with Gasteiger partial charge in [-0.3, -0.25) is 4.90 Å². The molecule has 0 bridgehead atoms. The van der Waals surface area contributed by atoms with Gasteiger partial charge < -0.3 is 20.1 Å². The predicted molar refractivity (Wildman–Crippen MR) is 139 cm³/mol. The van der Waals surface area contributed by atoms with E-state index in [1.54, 1.807) is 7.11 Å². The van der Waals surface area contributed by atoms with Crippen molar-refractivity contribution in [3.05, 3.63) is 42.2 Å². The highest BCUT2D eigenvalue weighted by Gasteiger charge is 2.23. The number of hydrogen-bond donors (Lipinski definition) is 2. The summed E-state index contributed by atoms with van der Waals surface area (Å²) < 4.78 is 12.6. The lowest BCUT2D eigenvalue weighted by atomic mass is 10.0. The van der Waals surface area contributed by atoms with Gasteiger partial charge in [-0.05, 0) is 43.2 Å². The molecule has 1 fully saturated rings. The number of guanidine groups is 1. The summed E-state index contributed by atoms with van der Waals surface area (Å²) >= 11 is 0. The number of ether oxygens (including phenoxy) is 2. The first-order valence-electron chi connectivity index (χ1n) is 11.1. The zero-order valence-electron chi connectivity index (χ0n) is 19.6. The monoisotopic (exact) mass is 556 g/mol. The fourth-order valence-corrected chi connectivity index (χ4v) is 3.72. The second-order valence-electron chi connectivity index (χ2n) is 7.99. The van der Waals surface area contributed by atoms with Gasteiger partial charge in [0.2, 0.25) is 0 Å². The van der Waals surface area contributed by atoms with E-state index in [1.165, 1.54) is 0 Å². The van der Waals surface area contributed by atoms with Crippen molar-refractivity contribution < 1.29 is 9.47 Å². The van der Waals surface area contributed by atoms with Crippen molar-refractivity contribution >= 4 is 29.9 Å². The number of morpholine rings is 1. The summed E-state index contributed by atoms with van der Waals surface area (Å²) in [6.45, 7) is 12.4. The van der Waals surface area contributed by atoms with E-state index in [0.29, 0.717) is 18.5 Å². The Labute approximate surface area is 208 Å². The molecule has 1 atom stereocenters. The smallest absolute Gasteiger partial charge is 0.191 e. The maximum atomic E-state index is 5.51. The number of halogens is 1. The van der Waals surface area contributed by atoms with Gasteiger partial charge in [0.15, 0.2) is 5.96 Å². The molecular weight excluding hydrogens is 519 g/mol. The third-order valence-electron chi connectivity index (χ3n) is 5.49. The largest absolute Gasteiger partial charge is 0.497 e. The van der Waals surface area contributed by atoms with Crippen LogP contribution in [0.2, 0.25) is 0 Å². The van der Waals surface area contributed by atoms with Crippen LogP contribution in [0.4, 0.5) is 0 Å². The van der Waals surface area contributed by atoms with Gasteiger partial charge in [0.25, 0.3) is 0 Å². The highest BCUT2D eigenvalue weighted by atomic mass is 127. The molecule has 8 nitrogen and oxygen atoms in total. The van der Waals surface area contributed by atoms with Gasteiger partial charge in [-0.2, -0.15) is 5.10 Å². The molecule has 1 aliphatic rings. The van der Waals surface area contributed by atoms with Crippen molar-refractivity contribution in [1.82, 2.24) is 25.3 Å². The average molecular weight is 556 g/mol. The van der Waals surface area contributed by atoms with Crippen molar-refractivity contribution in [3.8, 4) is 11.4 Å². The summed E-state index contributed by atoms with van der Waals surface area (Å²) in [5.41, 5.74) is 1.91. The molecule has 1 saturated heterocycles. The van der Waals surface area contributed by atoms with Crippen molar-refractivity contribution in [2.45, 2.75) is 33.4 Å². The molecule has 3 rings (SSSR count). The fraction of sp³-hybridized carbons (Fsp3) is 0.565. The summed E-state index contributed by atoms with van der Waals surface area (Å²) in [7, 11) is 1.67. The van der Waals surface area contributed by atoms with Crippen LogP contribution in [-0.4, -0.2) is 73.2 Å². The molecule has 1 unspecified atom stereocenters. The van der Waals surface area contributed by atoms with Crippen LogP contribution in [0.25, 0.3) is 5.69 Å². The molecule has 2 aromatic rings. The van der Waals surface area contributed by atoms with Gasteiger partial charge in [-0.1, -0.05) is 13.8 Å². The Kier molecular flexibility index (Phi) is 11.3. The first-order chi connectivity index (χ1) is 15.1. The average Bonchev–Trinajstić information content (AvgIpc) is 3.27. The molecule has 32 heavy (non-hydrogen) atoms. The normalized spacial score (nSPS) is 15.8. The fourth-order valence-electron chi connectivity index (χ4n) is 3.72. The van der Waals surface area contributed by atoms with Gasteiger partial charge in [0, 0.05) is 38.4 Å². The topological polar surface area (TPSA) is 75.9 Å². The lowest BCUT2D eigenvalue weighted by molar-refractivity contribution is 0.00752. The van der Waals surface area contributed by atoms with Crippen LogP contribution in [0.15, 0.2) is 41.5 Å². The third kappa shape index (κ3) is 7.63. The van der Waals surface area contributed by atoms with Crippen molar-refractivity contribution in [1.29, 1.82) is 0 Å². The number of nitrogens with one attached hydrogen (secondary N) is 2. The Morgan fingerprint density at radius 1 is 1.16 bits per heavy atom. The lowest BCUT2D eigenvalue weighted by Crippen LogP contribution is -2.52. The number of rotatable bonds is 9. The van der Waals surface area contributed by atoms with Gasteiger partial charge >= 0.3 is 0 Å². The molecule has 0 radical (unpaired) electrons. The number of nitrogens with zero attached hydrogens (tertiary/aromatic N) is 4. The van der Waals surface area contributed by atoms with Gasteiger partial charge in [-0.15, -0.1) is 24.0 Å². The van der Waals surface area contributed by atoms with Crippen molar-refractivity contribution in [2.24, 2.45) is 10.9 Å². The predicted octanol–water partition coefficient (Wildman–Crippen LogP) is 2.91. The third-order valence-corrected chi connectivity index (χ3v) is 5.49. The molecule has 9 heteroatoms. The number of aromatic nitrogens is 2. The maximum absolute atomic E-state index is 5.51.